The van der Waals surface area contributed by atoms with Crippen molar-refractivity contribution in [3.05, 3.63) is 0 Å². The van der Waals surface area contributed by atoms with Gasteiger partial charge >= 0.3 is 5.97 Å². The predicted molar refractivity (Wildman–Crippen MR) is 61.3 cm³/mol. The third-order valence-corrected chi connectivity index (χ3v) is 2.33. The van der Waals surface area contributed by atoms with Gasteiger partial charge < -0.3 is 10.1 Å². The molecular formula is C12H19NO4. The molecule has 1 atom stereocenters. The Morgan fingerprint density at radius 3 is 2.47 bits per heavy atom. The molecule has 0 aromatic rings. The lowest BCUT2D eigenvalue weighted by atomic mass is 9.99. The van der Waals surface area contributed by atoms with E-state index in [1.807, 2.05) is 0 Å². The molecule has 1 aliphatic rings. The van der Waals surface area contributed by atoms with Gasteiger partial charge in [-0.2, -0.15) is 0 Å². The van der Waals surface area contributed by atoms with E-state index in [-0.39, 0.29) is 24.2 Å². The molecular weight excluding hydrogens is 222 g/mol. The molecule has 5 nitrogen and oxygen atoms in total. The third-order valence-electron chi connectivity index (χ3n) is 2.33. The molecule has 1 fully saturated rings. The first kappa shape index (κ1) is 13.7. The summed E-state index contributed by atoms with van der Waals surface area (Å²) < 4.78 is 5.04. The topological polar surface area (TPSA) is 72.5 Å². The van der Waals surface area contributed by atoms with Crippen molar-refractivity contribution in [1.29, 1.82) is 0 Å². The van der Waals surface area contributed by atoms with Gasteiger partial charge in [-0.15, -0.1) is 0 Å². The maximum atomic E-state index is 11.5. The molecule has 96 valence electrons. The standard InChI is InChI=1S/C12H19NO4/c1-12(2,3)17-11(16)7-9(14)5-4-8-6-10(15)13-8/h8H,4-7H2,1-3H3,(H,13,15). The number of ether oxygens (including phenoxy) is 1. The second-order valence-electron chi connectivity index (χ2n) is 5.31. The first-order valence-corrected chi connectivity index (χ1v) is 5.79. The molecule has 1 aliphatic heterocycles. The first-order chi connectivity index (χ1) is 7.76. The summed E-state index contributed by atoms with van der Waals surface area (Å²) in [7, 11) is 0. The quantitative estimate of drug-likeness (QED) is 0.442. The third kappa shape index (κ3) is 5.47. The molecule has 1 N–H and O–H groups in total. The molecule has 0 aromatic heterocycles. The number of Topliss-reactive ketones (excluding diaryl/α,β-unsaturated/α-hetero) is 1. The number of carbonyl (C=O) groups is 3. The number of hydrogen-bond acceptors (Lipinski definition) is 4. The van der Waals surface area contributed by atoms with Crippen LogP contribution in [0.3, 0.4) is 0 Å². The minimum atomic E-state index is -0.556. The van der Waals surface area contributed by atoms with Crippen LogP contribution in [-0.2, 0) is 19.1 Å². The van der Waals surface area contributed by atoms with Gasteiger partial charge in [-0.3, -0.25) is 14.4 Å². The maximum Gasteiger partial charge on any atom is 0.313 e. The molecule has 1 amide bonds. The van der Waals surface area contributed by atoms with Crippen LogP contribution in [0.1, 0.15) is 46.5 Å². The zero-order chi connectivity index (χ0) is 13.1. The van der Waals surface area contributed by atoms with Crippen LogP contribution >= 0.6 is 0 Å². The van der Waals surface area contributed by atoms with Gasteiger partial charge in [-0.1, -0.05) is 0 Å². The number of ketones is 1. The first-order valence-electron chi connectivity index (χ1n) is 5.79. The Morgan fingerprint density at radius 1 is 1.41 bits per heavy atom. The van der Waals surface area contributed by atoms with Crippen molar-refractivity contribution in [2.45, 2.75) is 58.1 Å². The van der Waals surface area contributed by atoms with Crippen molar-refractivity contribution in [3.8, 4) is 0 Å². The van der Waals surface area contributed by atoms with E-state index >= 15 is 0 Å². The normalized spacial score (nSPS) is 19.2. The Morgan fingerprint density at radius 2 is 2.00 bits per heavy atom. The molecule has 0 aliphatic carbocycles. The Bertz CT molecular complexity index is 322. The van der Waals surface area contributed by atoms with Gasteiger partial charge in [0.25, 0.3) is 0 Å². The predicted octanol–water partition coefficient (Wildman–Crippen LogP) is 0.956. The summed E-state index contributed by atoms with van der Waals surface area (Å²) >= 11 is 0. The molecule has 1 heterocycles. The molecule has 0 radical (unpaired) electrons. The summed E-state index contributed by atoms with van der Waals surface area (Å²) in [4.78, 5) is 33.4. The smallest absolute Gasteiger partial charge is 0.313 e. The van der Waals surface area contributed by atoms with E-state index in [4.69, 9.17) is 4.74 Å². The Labute approximate surface area is 101 Å². The summed E-state index contributed by atoms with van der Waals surface area (Å²) in [6.45, 7) is 5.29. The van der Waals surface area contributed by atoms with Crippen LogP contribution in [0.4, 0.5) is 0 Å². The van der Waals surface area contributed by atoms with Crippen molar-refractivity contribution in [2.24, 2.45) is 0 Å². The minimum absolute atomic E-state index is 0.0228. The Balaban J connectivity index is 2.16. The molecule has 0 bridgehead atoms. The highest BCUT2D eigenvalue weighted by atomic mass is 16.6. The second-order valence-corrected chi connectivity index (χ2v) is 5.31. The van der Waals surface area contributed by atoms with E-state index < -0.39 is 11.6 Å². The van der Waals surface area contributed by atoms with Crippen molar-refractivity contribution in [1.82, 2.24) is 5.32 Å². The molecule has 0 saturated carbocycles. The zero-order valence-electron chi connectivity index (χ0n) is 10.5. The highest BCUT2D eigenvalue weighted by Crippen LogP contribution is 2.13. The number of carbonyl (C=O) groups excluding carboxylic acids is 3. The highest BCUT2D eigenvalue weighted by Gasteiger charge is 2.26. The minimum Gasteiger partial charge on any atom is -0.460 e. The Hall–Kier alpha value is -1.39. The largest absolute Gasteiger partial charge is 0.460 e. The zero-order valence-corrected chi connectivity index (χ0v) is 10.5. The number of hydrogen-bond donors (Lipinski definition) is 1. The molecule has 1 rings (SSSR count). The number of rotatable bonds is 5. The molecule has 1 unspecified atom stereocenters. The lowest BCUT2D eigenvalue weighted by Gasteiger charge is -2.26. The van der Waals surface area contributed by atoms with Crippen LogP contribution in [-0.4, -0.2) is 29.3 Å². The van der Waals surface area contributed by atoms with Crippen LogP contribution in [0, 0.1) is 0 Å². The SMILES string of the molecule is CC(C)(C)OC(=O)CC(=O)CCC1CC(=O)N1. The average Bonchev–Trinajstić information content (AvgIpc) is 2.06. The summed E-state index contributed by atoms with van der Waals surface area (Å²) in [6.07, 6.45) is 1.22. The number of esters is 1. The average molecular weight is 241 g/mol. The number of β-lactam (4-membered cyclic amide) rings is 1. The number of amides is 1. The fraction of sp³-hybridized carbons (Fsp3) is 0.750. The fourth-order valence-corrected chi connectivity index (χ4v) is 1.57. The van der Waals surface area contributed by atoms with Gasteiger partial charge in [0.15, 0.2) is 0 Å². The highest BCUT2D eigenvalue weighted by molar-refractivity contribution is 5.95. The molecule has 0 spiro atoms. The van der Waals surface area contributed by atoms with Crippen molar-refractivity contribution in [3.63, 3.8) is 0 Å². The summed E-state index contributed by atoms with van der Waals surface area (Å²) in [5.41, 5.74) is -0.556. The van der Waals surface area contributed by atoms with Gasteiger partial charge in [-0.25, -0.2) is 0 Å². The van der Waals surface area contributed by atoms with Gasteiger partial charge in [0.05, 0.1) is 0 Å². The van der Waals surface area contributed by atoms with E-state index in [2.05, 4.69) is 5.32 Å². The van der Waals surface area contributed by atoms with Crippen LogP contribution in [0.5, 0.6) is 0 Å². The van der Waals surface area contributed by atoms with Gasteiger partial charge in [0, 0.05) is 18.9 Å². The van der Waals surface area contributed by atoms with Gasteiger partial charge in [-0.05, 0) is 27.2 Å². The molecule has 1 saturated heterocycles. The van der Waals surface area contributed by atoms with Crippen LogP contribution < -0.4 is 5.32 Å². The van der Waals surface area contributed by atoms with Crippen LogP contribution in [0.25, 0.3) is 0 Å². The van der Waals surface area contributed by atoms with Gasteiger partial charge in [0.2, 0.25) is 5.91 Å². The van der Waals surface area contributed by atoms with E-state index in [0.717, 1.165) is 0 Å². The Kier molecular flexibility index (Phi) is 4.26. The van der Waals surface area contributed by atoms with Crippen molar-refractivity contribution < 1.29 is 19.1 Å². The van der Waals surface area contributed by atoms with E-state index in [9.17, 15) is 14.4 Å². The summed E-state index contributed by atoms with van der Waals surface area (Å²) in [5, 5.41) is 2.68. The van der Waals surface area contributed by atoms with Gasteiger partial charge in [0.1, 0.15) is 17.8 Å². The van der Waals surface area contributed by atoms with E-state index in [1.165, 1.54) is 0 Å². The molecule has 5 heteroatoms. The number of nitrogens with one attached hydrogen (secondary N) is 1. The lowest BCUT2D eigenvalue weighted by molar-refractivity contribution is -0.156. The van der Waals surface area contributed by atoms with E-state index in [0.29, 0.717) is 19.3 Å². The van der Waals surface area contributed by atoms with Crippen LogP contribution in [0.15, 0.2) is 0 Å². The van der Waals surface area contributed by atoms with E-state index in [1.54, 1.807) is 20.8 Å². The second kappa shape index (κ2) is 5.29. The van der Waals surface area contributed by atoms with Crippen LogP contribution in [0.2, 0.25) is 0 Å². The monoisotopic (exact) mass is 241 g/mol. The summed E-state index contributed by atoms with van der Waals surface area (Å²) in [5.74, 6) is -0.602. The molecule has 0 aromatic carbocycles. The summed E-state index contributed by atoms with van der Waals surface area (Å²) in [6, 6.07) is 0.102. The van der Waals surface area contributed by atoms with Crippen molar-refractivity contribution >= 4 is 17.7 Å². The molecule has 17 heavy (non-hydrogen) atoms. The maximum absolute atomic E-state index is 11.5. The van der Waals surface area contributed by atoms with Crippen molar-refractivity contribution in [2.75, 3.05) is 0 Å². The lowest BCUT2D eigenvalue weighted by Crippen LogP contribution is -2.48. The fourth-order valence-electron chi connectivity index (χ4n) is 1.57.